The molecule has 1 fully saturated rings. The smallest absolute Gasteiger partial charge is 0.254 e. The predicted octanol–water partition coefficient (Wildman–Crippen LogP) is 3.11. The Morgan fingerprint density at radius 2 is 2.04 bits per heavy atom. The Morgan fingerprint density at radius 1 is 1.22 bits per heavy atom. The van der Waals surface area contributed by atoms with Gasteiger partial charge in [0, 0.05) is 42.9 Å². The van der Waals surface area contributed by atoms with Crippen LogP contribution in [0.15, 0.2) is 42.5 Å². The highest BCUT2D eigenvalue weighted by molar-refractivity contribution is 6.30. The van der Waals surface area contributed by atoms with Crippen LogP contribution < -0.4 is 0 Å². The number of methoxy groups -OCH3 is 1. The van der Waals surface area contributed by atoms with Gasteiger partial charge in [0.05, 0.1) is 6.61 Å². The average Bonchev–Trinajstić information content (AvgIpc) is 2.64. The van der Waals surface area contributed by atoms with Crippen LogP contribution >= 0.6 is 11.6 Å². The Kier molecular flexibility index (Phi) is 6.08. The maximum Gasteiger partial charge on any atom is 0.254 e. The van der Waals surface area contributed by atoms with E-state index >= 15 is 0 Å². The summed E-state index contributed by atoms with van der Waals surface area (Å²) < 4.78 is 19.0. The van der Waals surface area contributed by atoms with Gasteiger partial charge in [-0.15, -0.1) is 0 Å². The van der Waals surface area contributed by atoms with E-state index in [1.807, 2.05) is 18.2 Å². The Morgan fingerprint density at radius 3 is 2.70 bits per heavy atom. The molecule has 0 spiro atoms. The standard InChI is InChI=1S/C20H20ClFN2O3/c1-27-13-16-6-5-15(10-18(16)22)20(26)24-8-7-23(19(25)12-24)11-14-3-2-4-17(21)9-14/h2-6,9-10H,7-8,11-13H2,1H3. The molecule has 1 saturated heterocycles. The Bertz CT molecular complexity index is 859. The van der Waals surface area contributed by atoms with Crippen molar-refractivity contribution in [1.82, 2.24) is 9.80 Å². The van der Waals surface area contributed by atoms with Crippen LogP contribution in [0, 0.1) is 5.82 Å². The molecule has 0 aromatic heterocycles. The molecule has 5 nitrogen and oxygen atoms in total. The summed E-state index contributed by atoms with van der Waals surface area (Å²) in [6.45, 7) is 1.37. The molecule has 142 valence electrons. The molecular formula is C20H20ClFN2O3. The van der Waals surface area contributed by atoms with Gasteiger partial charge >= 0.3 is 0 Å². The van der Waals surface area contributed by atoms with Crippen molar-refractivity contribution in [2.45, 2.75) is 13.2 Å². The third-order valence-electron chi connectivity index (χ3n) is 4.47. The monoisotopic (exact) mass is 390 g/mol. The molecule has 27 heavy (non-hydrogen) atoms. The molecule has 2 aromatic rings. The van der Waals surface area contributed by atoms with Crippen molar-refractivity contribution >= 4 is 23.4 Å². The van der Waals surface area contributed by atoms with Gasteiger partial charge in [0.25, 0.3) is 5.91 Å². The third-order valence-corrected chi connectivity index (χ3v) is 4.70. The van der Waals surface area contributed by atoms with E-state index in [0.29, 0.717) is 30.2 Å². The molecule has 1 heterocycles. The number of hydrogen-bond acceptors (Lipinski definition) is 3. The van der Waals surface area contributed by atoms with Gasteiger partial charge in [-0.3, -0.25) is 9.59 Å². The second-order valence-corrected chi connectivity index (χ2v) is 6.85. The van der Waals surface area contributed by atoms with Crippen molar-refractivity contribution in [1.29, 1.82) is 0 Å². The predicted molar refractivity (Wildman–Crippen MR) is 99.9 cm³/mol. The van der Waals surface area contributed by atoms with E-state index < -0.39 is 5.82 Å². The molecule has 0 N–H and O–H groups in total. The van der Waals surface area contributed by atoms with Gasteiger partial charge in [-0.1, -0.05) is 29.8 Å². The minimum atomic E-state index is -0.492. The van der Waals surface area contributed by atoms with Gasteiger partial charge in [-0.25, -0.2) is 4.39 Å². The molecular weight excluding hydrogens is 371 g/mol. The number of halogens is 2. The lowest BCUT2D eigenvalue weighted by molar-refractivity contribution is -0.135. The molecule has 7 heteroatoms. The van der Waals surface area contributed by atoms with Gasteiger partial charge in [0.2, 0.25) is 5.91 Å². The number of hydrogen-bond donors (Lipinski definition) is 0. The van der Waals surface area contributed by atoms with E-state index in [-0.39, 0.29) is 30.5 Å². The number of nitrogens with zero attached hydrogens (tertiary/aromatic N) is 2. The first-order valence-corrected chi connectivity index (χ1v) is 8.94. The van der Waals surface area contributed by atoms with Crippen molar-refractivity contribution < 1.29 is 18.7 Å². The SMILES string of the molecule is COCc1ccc(C(=O)N2CCN(Cc3cccc(Cl)c3)C(=O)C2)cc1F. The summed E-state index contributed by atoms with van der Waals surface area (Å²) in [5.74, 6) is -0.992. The van der Waals surface area contributed by atoms with Crippen molar-refractivity contribution in [2.24, 2.45) is 0 Å². The lowest BCUT2D eigenvalue weighted by atomic mass is 10.1. The van der Waals surface area contributed by atoms with Gasteiger partial charge in [-0.2, -0.15) is 0 Å². The topological polar surface area (TPSA) is 49.9 Å². The van der Waals surface area contributed by atoms with E-state index in [9.17, 15) is 14.0 Å². The molecule has 1 aliphatic heterocycles. The van der Waals surface area contributed by atoms with Crippen molar-refractivity contribution in [3.63, 3.8) is 0 Å². The maximum atomic E-state index is 14.0. The number of benzene rings is 2. The molecule has 0 bridgehead atoms. The summed E-state index contributed by atoms with van der Waals surface area (Å²) in [4.78, 5) is 28.2. The van der Waals surface area contributed by atoms with E-state index in [1.54, 1.807) is 17.0 Å². The Labute approximate surface area is 162 Å². The zero-order chi connectivity index (χ0) is 19.4. The van der Waals surface area contributed by atoms with Gasteiger partial charge < -0.3 is 14.5 Å². The van der Waals surface area contributed by atoms with Crippen LogP contribution in [-0.4, -0.2) is 48.4 Å². The van der Waals surface area contributed by atoms with Crippen molar-refractivity contribution in [3.05, 3.63) is 70.0 Å². The van der Waals surface area contributed by atoms with E-state index in [1.165, 1.54) is 24.1 Å². The number of carbonyl (C=O) groups is 2. The second-order valence-electron chi connectivity index (χ2n) is 6.41. The first-order valence-electron chi connectivity index (χ1n) is 8.57. The van der Waals surface area contributed by atoms with Crippen LogP contribution in [0.4, 0.5) is 4.39 Å². The molecule has 0 saturated carbocycles. The van der Waals surface area contributed by atoms with Gasteiger partial charge in [0.1, 0.15) is 12.4 Å². The summed E-state index contributed by atoms with van der Waals surface area (Å²) in [5.41, 5.74) is 1.55. The number of rotatable bonds is 5. The molecule has 0 unspecified atom stereocenters. The quantitative estimate of drug-likeness (QED) is 0.788. The zero-order valence-electron chi connectivity index (χ0n) is 15.0. The highest BCUT2D eigenvalue weighted by Crippen LogP contribution is 2.17. The number of piperazine rings is 1. The highest BCUT2D eigenvalue weighted by Gasteiger charge is 2.28. The van der Waals surface area contributed by atoms with Crippen LogP contribution in [-0.2, 0) is 22.7 Å². The highest BCUT2D eigenvalue weighted by atomic mass is 35.5. The fraction of sp³-hybridized carbons (Fsp3) is 0.300. The van der Waals surface area contributed by atoms with E-state index in [2.05, 4.69) is 0 Å². The van der Waals surface area contributed by atoms with E-state index in [0.717, 1.165) is 5.56 Å². The average molecular weight is 391 g/mol. The summed E-state index contributed by atoms with van der Waals surface area (Å²) >= 11 is 5.98. The van der Waals surface area contributed by atoms with Crippen molar-refractivity contribution in [2.75, 3.05) is 26.7 Å². The summed E-state index contributed by atoms with van der Waals surface area (Å²) in [6, 6.07) is 11.6. The maximum absolute atomic E-state index is 14.0. The first-order chi connectivity index (χ1) is 13.0. The second kappa shape index (κ2) is 8.50. The molecule has 0 aliphatic carbocycles. The molecule has 0 atom stereocenters. The third kappa shape index (κ3) is 4.64. The van der Waals surface area contributed by atoms with E-state index in [4.69, 9.17) is 16.3 Å². The normalized spacial score (nSPS) is 14.6. The summed E-state index contributed by atoms with van der Waals surface area (Å²) in [6.07, 6.45) is 0. The lowest BCUT2D eigenvalue weighted by Crippen LogP contribution is -2.51. The van der Waals surface area contributed by atoms with Crippen LogP contribution in [0.25, 0.3) is 0 Å². The first kappa shape index (κ1) is 19.3. The van der Waals surface area contributed by atoms with Gasteiger partial charge in [0.15, 0.2) is 0 Å². The molecule has 1 aliphatic rings. The molecule has 3 rings (SSSR count). The Hall–Kier alpha value is -2.44. The lowest BCUT2D eigenvalue weighted by Gasteiger charge is -2.34. The largest absolute Gasteiger partial charge is 0.380 e. The number of ether oxygens (including phenoxy) is 1. The number of carbonyl (C=O) groups excluding carboxylic acids is 2. The minimum Gasteiger partial charge on any atom is -0.380 e. The van der Waals surface area contributed by atoms with Crippen LogP contribution in [0.3, 0.4) is 0 Å². The van der Waals surface area contributed by atoms with Crippen LogP contribution in [0.2, 0.25) is 5.02 Å². The summed E-state index contributed by atoms with van der Waals surface area (Å²) in [7, 11) is 1.48. The van der Waals surface area contributed by atoms with Crippen molar-refractivity contribution in [3.8, 4) is 0 Å². The zero-order valence-corrected chi connectivity index (χ0v) is 15.7. The molecule has 2 amide bonds. The fourth-order valence-corrected chi connectivity index (χ4v) is 3.25. The van der Waals surface area contributed by atoms with Crippen LogP contribution in [0.5, 0.6) is 0 Å². The molecule has 0 radical (unpaired) electrons. The van der Waals surface area contributed by atoms with Gasteiger partial charge in [-0.05, 0) is 29.8 Å². The fourth-order valence-electron chi connectivity index (χ4n) is 3.04. The summed E-state index contributed by atoms with van der Waals surface area (Å²) in [5, 5.41) is 0.618. The number of amides is 2. The molecule has 2 aromatic carbocycles. The Balaban J connectivity index is 1.64. The van der Waals surface area contributed by atoms with Crippen LogP contribution in [0.1, 0.15) is 21.5 Å². The minimum absolute atomic E-state index is 0.0269.